The highest BCUT2D eigenvalue weighted by Crippen LogP contribution is 2.16. The molecule has 1 rings (SSSR count). The van der Waals surface area contributed by atoms with Crippen molar-refractivity contribution < 1.29 is 14.3 Å². The SMILES string of the molecule is Cc1c(F)cccc1NC(=O)NCCC(C)O. The molecule has 0 saturated heterocycles. The number of hydrogen-bond acceptors (Lipinski definition) is 2. The molecule has 2 amide bonds. The number of aliphatic hydroxyl groups excluding tert-OH is 1. The lowest BCUT2D eigenvalue weighted by Crippen LogP contribution is -2.31. The minimum atomic E-state index is -0.453. The lowest BCUT2D eigenvalue weighted by Gasteiger charge is -2.10. The van der Waals surface area contributed by atoms with Crippen LogP contribution in [-0.2, 0) is 0 Å². The molecule has 0 aliphatic carbocycles. The average molecular weight is 240 g/mol. The van der Waals surface area contributed by atoms with Gasteiger partial charge in [-0.25, -0.2) is 9.18 Å². The van der Waals surface area contributed by atoms with E-state index in [9.17, 15) is 9.18 Å². The number of aliphatic hydroxyl groups is 1. The van der Waals surface area contributed by atoms with Crippen molar-refractivity contribution in [2.75, 3.05) is 11.9 Å². The summed E-state index contributed by atoms with van der Waals surface area (Å²) in [5.74, 6) is -0.355. The van der Waals surface area contributed by atoms with Gasteiger partial charge >= 0.3 is 6.03 Å². The van der Waals surface area contributed by atoms with E-state index in [1.165, 1.54) is 12.1 Å². The fraction of sp³-hybridized carbons (Fsp3) is 0.417. The zero-order chi connectivity index (χ0) is 12.8. The summed E-state index contributed by atoms with van der Waals surface area (Å²) in [6.07, 6.45) is 0.0291. The summed E-state index contributed by atoms with van der Waals surface area (Å²) in [7, 11) is 0. The summed E-state index contributed by atoms with van der Waals surface area (Å²) in [5.41, 5.74) is 0.845. The van der Waals surface area contributed by atoms with Crippen molar-refractivity contribution in [3.8, 4) is 0 Å². The molecular formula is C12H17FN2O2. The molecule has 94 valence electrons. The Hall–Kier alpha value is -1.62. The number of hydrogen-bond donors (Lipinski definition) is 3. The molecule has 0 saturated carbocycles. The monoisotopic (exact) mass is 240 g/mol. The second-order valence-corrected chi connectivity index (χ2v) is 3.93. The number of rotatable bonds is 4. The van der Waals surface area contributed by atoms with Crippen LogP contribution >= 0.6 is 0 Å². The lowest BCUT2D eigenvalue weighted by molar-refractivity contribution is 0.184. The third-order valence-corrected chi connectivity index (χ3v) is 2.36. The fourth-order valence-electron chi connectivity index (χ4n) is 1.30. The molecule has 1 aromatic carbocycles. The average Bonchev–Trinajstić information content (AvgIpc) is 2.24. The van der Waals surface area contributed by atoms with E-state index in [4.69, 9.17) is 5.11 Å². The van der Waals surface area contributed by atoms with Gasteiger partial charge in [-0.3, -0.25) is 0 Å². The van der Waals surface area contributed by atoms with Crippen molar-refractivity contribution in [3.05, 3.63) is 29.6 Å². The van der Waals surface area contributed by atoms with Gasteiger partial charge in [0.1, 0.15) is 5.82 Å². The maximum absolute atomic E-state index is 13.2. The molecule has 0 heterocycles. The maximum atomic E-state index is 13.2. The maximum Gasteiger partial charge on any atom is 0.319 e. The van der Waals surface area contributed by atoms with Crippen LogP contribution < -0.4 is 10.6 Å². The first kappa shape index (κ1) is 13.4. The van der Waals surface area contributed by atoms with Crippen molar-refractivity contribution in [3.63, 3.8) is 0 Å². The smallest absolute Gasteiger partial charge is 0.319 e. The number of benzene rings is 1. The molecule has 5 heteroatoms. The third-order valence-electron chi connectivity index (χ3n) is 2.36. The highest BCUT2D eigenvalue weighted by molar-refractivity contribution is 5.90. The van der Waals surface area contributed by atoms with Crippen LogP contribution in [0.15, 0.2) is 18.2 Å². The molecule has 0 radical (unpaired) electrons. The van der Waals surface area contributed by atoms with Gasteiger partial charge in [0, 0.05) is 17.8 Å². The van der Waals surface area contributed by atoms with Crippen LogP contribution in [0.3, 0.4) is 0 Å². The van der Waals surface area contributed by atoms with Gasteiger partial charge in [-0.15, -0.1) is 0 Å². The standard InChI is InChI=1S/C12H17FN2O2/c1-8(16)6-7-14-12(17)15-11-5-3-4-10(13)9(11)2/h3-5,8,16H,6-7H2,1-2H3,(H2,14,15,17). The van der Waals surface area contributed by atoms with E-state index in [-0.39, 0.29) is 5.82 Å². The highest BCUT2D eigenvalue weighted by atomic mass is 19.1. The Morgan fingerprint density at radius 2 is 2.24 bits per heavy atom. The van der Waals surface area contributed by atoms with E-state index in [0.29, 0.717) is 24.2 Å². The molecule has 1 aromatic rings. The molecule has 17 heavy (non-hydrogen) atoms. The molecule has 0 bridgehead atoms. The Kier molecular flexibility index (Phi) is 4.90. The number of urea groups is 1. The van der Waals surface area contributed by atoms with Gasteiger partial charge in [0.05, 0.1) is 6.10 Å². The van der Waals surface area contributed by atoms with E-state index in [1.807, 2.05) is 0 Å². The largest absolute Gasteiger partial charge is 0.393 e. The Morgan fingerprint density at radius 3 is 2.88 bits per heavy atom. The summed E-state index contributed by atoms with van der Waals surface area (Å²) in [5, 5.41) is 14.1. The fourth-order valence-corrected chi connectivity index (χ4v) is 1.30. The van der Waals surface area contributed by atoms with Gasteiger partial charge in [-0.05, 0) is 32.4 Å². The number of anilines is 1. The summed E-state index contributed by atoms with van der Waals surface area (Å²) in [4.78, 5) is 11.4. The van der Waals surface area contributed by atoms with Crippen LogP contribution in [0.5, 0.6) is 0 Å². The zero-order valence-corrected chi connectivity index (χ0v) is 9.96. The first-order chi connectivity index (χ1) is 8.00. The molecule has 1 unspecified atom stereocenters. The Morgan fingerprint density at radius 1 is 1.53 bits per heavy atom. The minimum absolute atomic E-state index is 0.355. The van der Waals surface area contributed by atoms with Gasteiger partial charge in [-0.2, -0.15) is 0 Å². The molecular weight excluding hydrogens is 223 g/mol. The molecule has 1 atom stereocenters. The summed E-state index contributed by atoms with van der Waals surface area (Å²) < 4.78 is 13.2. The van der Waals surface area contributed by atoms with Crippen molar-refractivity contribution >= 4 is 11.7 Å². The Balaban J connectivity index is 2.48. The van der Waals surface area contributed by atoms with Crippen LogP contribution in [0, 0.1) is 12.7 Å². The molecule has 0 spiro atoms. The second-order valence-electron chi connectivity index (χ2n) is 3.93. The van der Waals surface area contributed by atoms with E-state index in [0.717, 1.165) is 0 Å². The highest BCUT2D eigenvalue weighted by Gasteiger charge is 2.06. The predicted molar refractivity (Wildman–Crippen MR) is 64.5 cm³/mol. The van der Waals surface area contributed by atoms with Crippen molar-refractivity contribution in [2.24, 2.45) is 0 Å². The van der Waals surface area contributed by atoms with Crippen LogP contribution in [0.25, 0.3) is 0 Å². The topological polar surface area (TPSA) is 61.4 Å². The van der Waals surface area contributed by atoms with E-state index >= 15 is 0 Å². The van der Waals surface area contributed by atoms with Crippen molar-refractivity contribution in [2.45, 2.75) is 26.4 Å². The first-order valence-corrected chi connectivity index (χ1v) is 5.48. The summed E-state index contributed by atoms with van der Waals surface area (Å²) in [6, 6.07) is 4.10. The van der Waals surface area contributed by atoms with Gasteiger partial charge in [0.25, 0.3) is 0 Å². The molecule has 4 nitrogen and oxygen atoms in total. The van der Waals surface area contributed by atoms with Gasteiger partial charge in [0.15, 0.2) is 0 Å². The minimum Gasteiger partial charge on any atom is -0.393 e. The van der Waals surface area contributed by atoms with Crippen LogP contribution in [0.1, 0.15) is 18.9 Å². The van der Waals surface area contributed by atoms with E-state index in [1.54, 1.807) is 19.9 Å². The second kappa shape index (κ2) is 6.20. The normalized spacial score (nSPS) is 12.0. The molecule has 0 aromatic heterocycles. The summed E-state index contributed by atoms with van der Waals surface area (Å²) in [6.45, 7) is 3.62. The lowest BCUT2D eigenvalue weighted by atomic mass is 10.2. The number of amides is 2. The zero-order valence-electron chi connectivity index (χ0n) is 9.96. The van der Waals surface area contributed by atoms with Crippen LogP contribution in [-0.4, -0.2) is 23.8 Å². The molecule has 0 fully saturated rings. The predicted octanol–water partition coefficient (Wildman–Crippen LogP) is 2.03. The summed E-state index contributed by atoms with van der Waals surface area (Å²) >= 11 is 0. The van der Waals surface area contributed by atoms with Crippen LogP contribution in [0.2, 0.25) is 0 Å². The first-order valence-electron chi connectivity index (χ1n) is 5.48. The number of halogens is 1. The molecule has 0 aliphatic heterocycles. The van der Waals surface area contributed by atoms with Crippen LogP contribution in [0.4, 0.5) is 14.9 Å². The van der Waals surface area contributed by atoms with E-state index < -0.39 is 12.1 Å². The van der Waals surface area contributed by atoms with Gasteiger partial charge in [-0.1, -0.05) is 6.07 Å². The number of carbonyl (C=O) groups excluding carboxylic acids is 1. The molecule has 0 aliphatic rings. The quantitative estimate of drug-likeness (QED) is 0.754. The Bertz CT molecular complexity index is 394. The van der Waals surface area contributed by atoms with Crippen molar-refractivity contribution in [1.29, 1.82) is 0 Å². The van der Waals surface area contributed by atoms with Gasteiger partial charge < -0.3 is 15.7 Å². The van der Waals surface area contributed by atoms with E-state index in [2.05, 4.69) is 10.6 Å². The molecule has 3 N–H and O–H groups in total. The van der Waals surface area contributed by atoms with Crippen molar-refractivity contribution in [1.82, 2.24) is 5.32 Å². The Labute approximate surface area is 99.8 Å². The number of carbonyl (C=O) groups is 1. The third kappa shape index (κ3) is 4.40. The van der Waals surface area contributed by atoms with Gasteiger partial charge in [0.2, 0.25) is 0 Å². The number of nitrogens with one attached hydrogen (secondary N) is 2.